The first kappa shape index (κ1) is 23.2. The van der Waals surface area contributed by atoms with E-state index in [1.807, 2.05) is 6.92 Å². The lowest BCUT2D eigenvalue weighted by atomic mass is 9.76. The number of benzene rings is 1. The predicted molar refractivity (Wildman–Crippen MR) is 114 cm³/mol. The largest absolute Gasteiger partial charge is 0.385 e. The van der Waals surface area contributed by atoms with Gasteiger partial charge in [-0.15, -0.1) is 0 Å². The molecule has 8 heteroatoms. The average molecular weight is 434 g/mol. The highest BCUT2D eigenvalue weighted by Gasteiger charge is 2.54. The third-order valence-corrected chi connectivity index (χ3v) is 6.52. The molecule has 170 valence electrons. The second kappa shape index (κ2) is 10.2. The first-order chi connectivity index (χ1) is 14.9. The van der Waals surface area contributed by atoms with Crippen LogP contribution in [0.5, 0.6) is 0 Å². The molecule has 3 rings (SSSR count). The van der Waals surface area contributed by atoms with Gasteiger partial charge in [0.2, 0.25) is 17.7 Å². The maximum Gasteiger partial charge on any atom is 0.242 e. The average Bonchev–Trinajstić information content (AvgIpc) is 3.04. The minimum absolute atomic E-state index is 0.00763. The fourth-order valence-electron chi connectivity index (χ4n) is 4.68. The Balaban J connectivity index is 1.59. The SMILES string of the molecule is CCN1C(=O)C2(CCN(C(=O)Cc3ccccc3F)CC2)CC1C(=O)NCCCOC. The van der Waals surface area contributed by atoms with Crippen LogP contribution in [0.3, 0.4) is 0 Å². The van der Waals surface area contributed by atoms with Gasteiger partial charge in [-0.2, -0.15) is 0 Å². The number of amides is 3. The number of hydrogen-bond acceptors (Lipinski definition) is 4. The summed E-state index contributed by atoms with van der Waals surface area (Å²) in [6, 6.07) is 5.82. The maximum absolute atomic E-state index is 13.9. The third-order valence-electron chi connectivity index (χ3n) is 6.52. The molecule has 2 fully saturated rings. The number of hydrogen-bond donors (Lipinski definition) is 1. The molecule has 2 aliphatic heterocycles. The Hall–Kier alpha value is -2.48. The quantitative estimate of drug-likeness (QED) is 0.634. The lowest BCUT2D eigenvalue weighted by Crippen LogP contribution is -2.47. The molecule has 7 nitrogen and oxygen atoms in total. The van der Waals surface area contributed by atoms with Gasteiger partial charge >= 0.3 is 0 Å². The normalized spacial score (nSPS) is 20.4. The van der Waals surface area contributed by atoms with Crippen LogP contribution in [0.4, 0.5) is 4.39 Å². The summed E-state index contributed by atoms with van der Waals surface area (Å²) < 4.78 is 18.9. The van der Waals surface area contributed by atoms with Gasteiger partial charge in [-0.1, -0.05) is 18.2 Å². The molecule has 3 amide bonds. The van der Waals surface area contributed by atoms with E-state index < -0.39 is 11.5 Å². The molecule has 2 heterocycles. The van der Waals surface area contributed by atoms with Crippen molar-refractivity contribution in [3.63, 3.8) is 0 Å². The van der Waals surface area contributed by atoms with Crippen LogP contribution < -0.4 is 5.32 Å². The minimum atomic E-state index is -0.598. The van der Waals surface area contributed by atoms with Gasteiger partial charge < -0.3 is 19.9 Å². The second-order valence-corrected chi connectivity index (χ2v) is 8.38. The van der Waals surface area contributed by atoms with Crippen LogP contribution in [0.1, 0.15) is 38.2 Å². The van der Waals surface area contributed by atoms with Gasteiger partial charge in [0.1, 0.15) is 11.9 Å². The summed E-state index contributed by atoms with van der Waals surface area (Å²) in [5.74, 6) is -0.632. The Morgan fingerprint density at radius 1 is 1.26 bits per heavy atom. The van der Waals surface area contributed by atoms with Crippen molar-refractivity contribution in [2.24, 2.45) is 5.41 Å². The van der Waals surface area contributed by atoms with Crippen LogP contribution in [0, 0.1) is 11.2 Å². The summed E-state index contributed by atoms with van der Waals surface area (Å²) in [6.45, 7) is 4.33. The van der Waals surface area contributed by atoms with Crippen molar-refractivity contribution in [3.8, 4) is 0 Å². The molecule has 0 bridgehead atoms. The number of nitrogens with one attached hydrogen (secondary N) is 1. The Morgan fingerprint density at radius 3 is 2.61 bits per heavy atom. The molecule has 1 atom stereocenters. The van der Waals surface area contributed by atoms with Crippen LogP contribution in [-0.4, -0.2) is 73.5 Å². The molecular weight excluding hydrogens is 401 g/mol. The smallest absolute Gasteiger partial charge is 0.242 e. The number of carbonyl (C=O) groups excluding carboxylic acids is 3. The van der Waals surface area contributed by atoms with Gasteiger partial charge in [-0.25, -0.2) is 4.39 Å². The summed E-state index contributed by atoms with van der Waals surface area (Å²) in [6.07, 6.45) is 2.27. The van der Waals surface area contributed by atoms with E-state index in [2.05, 4.69) is 5.32 Å². The maximum atomic E-state index is 13.9. The van der Waals surface area contributed by atoms with Crippen molar-refractivity contribution < 1.29 is 23.5 Å². The van der Waals surface area contributed by atoms with Crippen molar-refractivity contribution in [3.05, 3.63) is 35.6 Å². The standard InChI is InChI=1S/C23H32FN3O4/c1-3-27-19(21(29)25-11-6-14-31-2)16-23(22(27)30)9-12-26(13-10-23)20(28)15-17-7-4-5-8-18(17)24/h4-5,7-8,19H,3,6,9-16H2,1-2H3,(H,25,29). The number of rotatable bonds is 8. The Labute approximate surface area is 182 Å². The zero-order valence-corrected chi connectivity index (χ0v) is 18.4. The van der Waals surface area contributed by atoms with E-state index in [-0.39, 0.29) is 30.0 Å². The molecule has 1 aromatic carbocycles. The molecule has 1 spiro atoms. The molecule has 1 unspecified atom stereocenters. The van der Waals surface area contributed by atoms with Crippen molar-refractivity contribution in [2.75, 3.05) is 39.9 Å². The number of ether oxygens (including phenoxy) is 1. The Kier molecular flexibility index (Phi) is 7.64. The van der Waals surface area contributed by atoms with Crippen LogP contribution in [0.25, 0.3) is 0 Å². The first-order valence-electron chi connectivity index (χ1n) is 11.0. The number of methoxy groups -OCH3 is 1. The molecular formula is C23H32FN3O4. The zero-order valence-electron chi connectivity index (χ0n) is 18.4. The molecule has 0 radical (unpaired) electrons. The number of halogens is 1. The second-order valence-electron chi connectivity index (χ2n) is 8.38. The van der Waals surface area contributed by atoms with Crippen LogP contribution >= 0.6 is 0 Å². The Bertz CT molecular complexity index is 808. The van der Waals surface area contributed by atoms with E-state index in [1.165, 1.54) is 6.07 Å². The highest BCUT2D eigenvalue weighted by atomic mass is 19.1. The van der Waals surface area contributed by atoms with Crippen molar-refractivity contribution >= 4 is 17.7 Å². The minimum Gasteiger partial charge on any atom is -0.385 e. The zero-order chi connectivity index (χ0) is 22.4. The molecule has 0 aromatic heterocycles. The van der Waals surface area contributed by atoms with Gasteiger partial charge in [-0.05, 0) is 44.2 Å². The van der Waals surface area contributed by atoms with E-state index in [9.17, 15) is 18.8 Å². The molecule has 2 saturated heterocycles. The summed E-state index contributed by atoms with van der Waals surface area (Å²) in [7, 11) is 1.62. The van der Waals surface area contributed by atoms with Gasteiger partial charge in [0.05, 0.1) is 11.8 Å². The number of piperidine rings is 1. The summed E-state index contributed by atoms with van der Waals surface area (Å²) in [4.78, 5) is 41.9. The van der Waals surface area contributed by atoms with E-state index in [0.29, 0.717) is 57.6 Å². The van der Waals surface area contributed by atoms with E-state index >= 15 is 0 Å². The fraction of sp³-hybridized carbons (Fsp3) is 0.609. The first-order valence-corrected chi connectivity index (χ1v) is 11.0. The van der Waals surface area contributed by atoms with E-state index in [4.69, 9.17) is 4.74 Å². The summed E-state index contributed by atoms with van der Waals surface area (Å²) in [5, 5.41) is 2.91. The lowest BCUT2D eigenvalue weighted by Gasteiger charge is -2.38. The fourth-order valence-corrected chi connectivity index (χ4v) is 4.68. The number of likely N-dealkylation sites (N-methyl/N-ethyl adjacent to an activating group) is 1. The molecule has 0 saturated carbocycles. The van der Waals surface area contributed by atoms with Crippen LogP contribution in [0.15, 0.2) is 24.3 Å². The number of nitrogens with zero attached hydrogens (tertiary/aromatic N) is 2. The number of likely N-dealkylation sites (tertiary alicyclic amines) is 2. The molecule has 31 heavy (non-hydrogen) atoms. The van der Waals surface area contributed by atoms with Crippen molar-refractivity contribution in [2.45, 2.75) is 45.1 Å². The molecule has 0 aliphatic carbocycles. The Morgan fingerprint density at radius 2 is 1.97 bits per heavy atom. The van der Waals surface area contributed by atoms with Crippen molar-refractivity contribution in [1.29, 1.82) is 0 Å². The highest BCUT2D eigenvalue weighted by molar-refractivity contribution is 5.94. The van der Waals surface area contributed by atoms with Gasteiger partial charge in [0, 0.05) is 39.9 Å². The summed E-state index contributed by atoms with van der Waals surface area (Å²) >= 11 is 0. The van der Waals surface area contributed by atoms with Gasteiger partial charge in [-0.3, -0.25) is 14.4 Å². The number of carbonyl (C=O) groups is 3. The lowest BCUT2D eigenvalue weighted by molar-refractivity contribution is -0.143. The molecule has 1 aromatic rings. The predicted octanol–water partition coefficient (Wildman–Crippen LogP) is 1.75. The topological polar surface area (TPSA) is 79.0 Å². The van der Waals surface area contributed by atoms with Gasteiger partial charge in [0.15, 0.2) is 0 Å². The highest BCUT2D eigenvalue weighted by Crippen LogP contribution is 2.44. The summed E-state index contributed by atoms with van der Waals surface area (Å²) in [5.41, 5.74) is -0.216. The van der Waals surface area contributed by atoms with Gasteiger partial charge in [0.25, 0.3) is 0 Å². The van der Waals surface area contributed by atoms with E-state index in [1.54, 1.807) is 35.1 Å². The van der Waals surface area contributed by atoms with Crippen LogP contribution in [0.2, 0.25) is 0 Å². The molecule has 2 aliphatic rings. The van der Waals surface area contributed by atoms with Crippen molar-refractivity contribution in [1.82, 2.24) is 15.1 Å². The van der Waals surface area contributed by atoms with Crippen LogP contribution in [-0.2, 0) is 25.5 Å². The van der Waals surface area contributed by atoms with E-state index in [0.717, 1.165) is 6.42 Å². The molecule has 1 N–H and O–H groups in total. The monoisotopic (exact) mass is 433 g/mol. The third kappa shape index (κ3) is 5.06.